The van der Waals surface area contributed by atoms with Crippen LogP contribution in [0.5, 0.6) is 23.0 Å². The lowest BCUT2D eigenvalue weighted by Crippen LogP contribution is -2.21. The summed E-state index contributed by atoms with van der Waals surface area (Å²) < 4.78 is 174. The Morgan fingerprint density at radius 1 is 0.577 bits per heavy atom. The minimum atomic E-state index is -5.08. The van der Waals surface area contributed by atoms with Crippen LogP contribution in [0, 0.1) is 28.6 Å². The number of rotatable bonds is 20. The maximum atomic E-state index is 12.1. The molecule has 49 heteroatoms. The van der Waals surface area contributed by atoms with Gasteiger partial charge in [0.1, 0.15) is 66.2 Å². The molecule has 6 heterocycles. The van der Waals surface area contributed by atoms with E-state index in [1.807, 2.05) is 134 Å². The van der Waals surface area contributed by atoms with E-state index in [4.69, 9.17) is 144 Å². The number of amidine groups is 4. The number of hydrogen-bond acceptors (Lipinski definition) is 26. The number of carbonyl (C=O) groups excluding carboxylic acids is 3. The maximum absolute atomic E-state index is 12.1. The highest BCUT2D eigenvalue weighted by Gasteiger charge is 2.40. The van der Waals surface area contributed by atoms with Gasteiger partial charge in [-0.25, -0.2) is 38.5 Å². The molecule has 1 fully saturated rings. The van der Waals surface area contributed by atoms with Crippen LogP contribution in [0.3, 0.4) is 0 Å². The van der Waals surface area contributed by atoms with Crippen molar-refractivity contribution in [3.05, 3.63) is 203 Å². The smallest absolute Gasteiger partial charge is 0.490 e. The van der Waals surface area contributed by atoms with Gasteiger partial charge < -0.3 is 91.7 Å². The van der Waals surface area contributed by atoms with Crippen molar-refractivity contribution in [3.8, 4) is 23.0 Å². The van der Waals surface area contributed by atoms with Gasteiger partial charge in [-0.2, -0.15) is 52.7 Å². The normalized spacial score (nSPS) is 12.3. The van der Waals surface area contributed by atoms with Gasteiger partial charge in [-0.05, 0) is 139 Å². The second-order valence-electron chi connectivity index (χ2n) is 23.1. The van der Waals surface area contributed by atoms with Crippen LogP contribution in [0.25, 0.3) is 40.3 Å². The zero-order valence-electron chi connectivity index (χ0n) is 62.8. The number of cyclic esters (lactones) is 1. The van der Waals surface area contributed by atoms with E-state index in [0.29, 0.717) is 57.3 Å². The molecule has 18 N–H and O–H groups in total. The predicted molar refractivity (Wildman–Crippen MR) is 429 cm³/mol. The van der Waals surface area contributed by atoms with Crippen LogP contribution < -0.4 is 47.2 Å². The second-order valence-corrected chi connectivity index (χ2v) is 29.0. The van der Waals surface area contributed by atoms with Crippen LogP contribution in [-0.2, 0) is 54.3 Å². The Hall–Kier alpha value is -13.3. The van der Waals surface area contributed by atoms with Crippen molar-refractivity contribution in [2.24, 2.45) is 22.9 Å². The summed E-state index contributed by atoms with van der Waals surface area (Å²) in [5.74, 6) is -8.64. The summed E-state index contributed by atoms with van der Waals surface area (Å²) >= 11 is 13.3. The van der Waals surface area contributed by atoms with Crippen molar-refractivity contribution in [1.82, 2.24) is 10.3 Å². The summed E-state index contributed by atoms with van der Waals surface area (Å²) in [4.78, 5) is 85.8. The van der Waals surface area contributed by atoms with Gasteiger partial charge >= 0.3 is 66.8 Å². The number of halogens is 13. The first-order chi connectivity index (χ1) is 57.5. The molecule has 1 aliphatic heterocycles. The number of nitrogens with zero attached hydrogens (tertiary/aromatic N) is 1. The molecular weight excluding hydrogens is 1790 g/mol. The molecule has 123 heavy (non-hydrogen) atoms. The molecule has 3 unspecified atom stereocenters. The van der Waals surface area contributed by atoms with Crippen molar-refractivity contribution < 1.29 is 154 Å². The Morgan fingerprint density at radius 2 is 1.00 bits per heavy atom. The van der Waals surface area contributed by atoms with Gasteiger partial charge in [0.2, 0.25) is 6.10 Å². The summed E-state index contributed by atoms with van der Waals surface area (Å²) in [5, 5.41) is 75.6. The van der Waals surface area contributed by atoms with Crippen LogP contribution in [-0.4, -0.2) is 167 Å². The molecule has 1 saturated heterocycles. The number of nitrogens with one attached hydrogen (secondary N) is 5. The molecule has 6 aromatic carbocycles. The highest BCUT2D eigenvalue weighted by atomic mass is 35.5. The number of carbonyl (C=O) groups is 8. The quantitative estimate of drug-likeness (QED) is 0.00841. The number of hydrogen-bond donors (Lipinski definition) is 14. The number of thiophene rings is 4. The van der Waals surface area contributed by atoms with Gasteiger partial charge in [0.05, 0.1) is 50.5 Å². The fourth-order valence-corrected chi connectivity index (χ4v) is 13.3. The second kappa shape index (κ2) is 47.6. The molecule has 660 valence electrons. The average molecular weight is 1860 g/mol. The van der Waals surface area contributed by atoms with E-state index >= 15 is 0 Å². The molecule has 0 spiro atoms. The number of benzene rings is 6. The number of esters is 1. The van der Waals surface area contributed by atoms with E-state index in [0.717, 1.165) is 72.1 Å². The molecule has 1 aliphatic rings. The Balaban J connectivity index is 0.000000310. The third-order valence-corrected chi connectivity index (χ3v) is 19.8. The molecule has 5 aromatic heterocycles. The van der Waals surface area contributed by atoms with E-state index < -0.39 is 79.0 Å². The third kappa shape index (κ3) is 35.1. The summed E-state index contributed by atoms with van der Waals surface area (Å²) in [6.45, 7) is 4.97. The molecule has 0 bridgehead atoms. The molecule has 12 rings (SSSR count). The van der Waals surface area contributed by atoms with E-state index in [9.17, 15) is 67.1 Å². The van der Waals surface area contributed by atoms with Crippen LogP contribution >= 0.6 is 68.3 Å². The first-order valence-electron chi connectivity index (χ1n) is 33.4. The van der Waals surface area contributed by atoms with Crippen molar-refractivity contribution in [1.29, 1.82) is 21.6 Å². The van der Waals surface area contributed by atoms with Gasteiger partial charge in [-0.3, -0.25) is 26.4 Å². The summed E-state index contributed by atoms with van der Waals surface area (Å²) in [5.41, 5.74) is 24.6. The largest absolute Gasteiger partial charge is 0.508 e. The molecular formula is C74H67ClF12N10O21S5. The van der Waals surface area contributed by atoms with Crippen LogP contribution in [0.2, 0.25) is 5.02 Å². The molecule has 0 aliphatic carbocycles. The van der Waals surface area contributed by atoms with Gasteiger partial charge in [-0.15, -0.1) is 56.7 Å². The number of ether oxygens (including phenoxy) is 8. The highest BCUT2D eigenvalue weighted by Crippen LogP contribution is 2.37. The number of aromatic nitrogens is 1. The lowest BCUT2D eigenvalue weighted by atomic mass is 10.1. The van der Waals surface area contributed by atoms with Crippen LogP contribution in [0.15, 0.2) is 157 Å². The number of nitrogen functional groups attached to an aromatic ring is 4. The zero-order chi connectivity index (χ0) is 92.4. The Morgan fingerprint density at radius 3 is 1.40 bits per heavy atom. The summed E-state index contributed by atoms with van der Waals surface area (Å²) in [6, 6.07) is 46.6. The van der Waals surface area contributed by atoms with E-state index in [2.05, 4.69) is 10.3 Å². The Kier molecular flexibility index (Phi) is 39.5. The number of fused-ring (bicyclic) bond motifs is 4. The lowest BCUT2D eigenvalue weighted by molar-refractivity contribution is -0.193. The number of alkyl halides is 12. The minimum absolute atomic E-state index is 0.0168. The third-order valence-electron chi connectivity index (χ3n) is 14.2. The number of nitrogens with two attached hydrogens (primary N) is 4. The van der Waals surface area contributed by atoms with Crippen molar-refractivity contribution in [2.45, 2.75) is 63.5 Å². The molecule has 11 aromatic rings. The predicted octanol–water partition coefficient (Wildman–Crippen LogP) is 16.0. The number of carboxylic acid groups (broad SMARTS) is 5. The van der Waals surface area contributed by atoms with Crippen molar-refractivity contribution >= 4 is 181 Å². The first-order valence-corrected chi connectivity index (χ1v) is 37.9. The maximum Gasteiger partial charge on any atom is 0.508 e. The number of methoxy groups -OCH3 is 1. The molecule has 31 nitrogen and oxygen atoms in total. The first kappa shape index (κ1) is 102. The SMILES string of the molecule is CCOC(=O)OCC(Oc1cccc2sc(C(=N)N)cc12)c1ccccc1.COC(=O)C(Oc1ccc2cc(C(=N)N)sc2c1)c1ccc(Cl)cc1.Cc1nc(COc2ccc3cc(C(=N)N)sc3c2)cs1.N=C(N)c1cc2ccc(OCC3CNC(=O)O3)cc2s1.O=C(O)C(F)(F)F.O=C(O)C(F)(F)F.O=C(O)C(F)(F)F.O=C(O)C(F)(F)F.O=CO. The monoisotopic (exact) mass is 1850 g/mol. The topological polar surface area (TPSA) is 536 Å². The lowest BCUT2D eigenvalue weighted by Gasteiger charge is -2.20. The highest BCUT2D eigenvalue weighted by molar-refractivity contribution is 7.22. The summed E-state index contributed by atoms with van der Waals surface area (Å²) in [6.07, 6.45) is -23.1. The van der Waals surface area contributed by atoms with Crippen molar-refractivity contribution in [3.63, 3.8) is 0 Å². The minimum Gasteiger partial charge on any atom is -0.490 e. The van der Waals surface area contributed by atoms with Crippen molar-refractivity contribution in [2.75, 3.05) is 33.5 Å². The number of amides is 1. The summed E-state index contributed by atoms with van der Waals surface area (Å²) in [7, 11) is 1.32. The van der Waals surface area contributed by atoms with E-state index in [1.165, 1.54) is 52.5 Å². The standard InChI is InChI=1S/C20H20N2O4S.C18H15ClN2O3S.C14H13N3OS2.C13H13N3O3S.4C2HF3O2.CH2O2/c1-2-24-20(23)25-12-16(13-7-4-3-5-8-13)26-15-9-6-10-17-14(15)11-18(27-17)19(21)22;1-23-18(22)16(10-2-5-12(19)6-3-10)24-13-7-4-11-8-15(17(20)21)25-14(11)9-13;1-8-17-10(7-19-8)6-18-11-3-2-9-4-13(14(15)16)20-12(9)5-11;14-12(15)11-3-7-1-2-8(4-10(7)20-11)18-6-9-5-16-13(17)19-9;4*3-2(4,5)1(6)7;2-1-3/h3-11,16H,2,12H2,1H3,(H3,21,22);2-9,16H,1H3,(H3,20,21);2-5,7H,6H2,1H3,(H3,15,16);1-4,9H,5-6H2,(H3,14,15)(H,16,17);4*(H,6,7);1H,(H,2,3). The Labute approximate surface area is 709 Å². The van der Waals surface area contributed by atoms with Crippen LogP contribution in [0.1, 0.15) is 60.5 Å². The molecule has 1 amide bonds. The number of thiazole rings is 1. The van der Waals surface area contributed by atoms with Gasteiger partial charge in [0.25, 0.3) is 6.47 Å². The van der Waals surface area contributed by atoms with Gasteiger partial charge in [-0.1, -0.05) is 60.1 Å². The molecule has 0 radical (unpaired) electrons. The molecule has 3 atom stereocenters. The number of aryl methyl sites for hydroxylation is 1. The molecule has 0 saturated carbocycles. The average Bonchev–Trinajstić information content (AvgIpc) is 1.69. The Bertz CT molecular complexity index is 5380. The fraction of sp³-hybridized carbons (Fsp3) is 0.203. The van der Waals surface area contributed by atoms with Crippen LogP contribution in [0.4, 0.5) is 62.3 Å². The number of aliphatic carboxylic acids is 4. The fourth-order valence-electron chi connectivity index (χ4n) is 8.76. The van der Waals surface area contributed by atoms with E-state index in [1.54, 1.807) is 48.6 Å². The zero-order valence-corrected chi connectivity index (χ0v) is 67.7. The number of carboxylic acids is 4. The van der Waals surface area contributed by atoms with E-state index in [-0.39, 0.29) is 49.1 Å². The number of alkyl carbamates (subject to hydrolysis) is 1. The van der Waals surface area contributed by atoms with Gasteiger partial charge in [0.15, 0.2) is 12.2 Å². The van der Waals surface area contributed by atoms with Gasteiger partial charge in [0, 0.05) is 40.2 Å².